The van der Waals surface area contributed by atoms with E-state index in [0.717, 1.165) is 42.1 Å². The van der Waals surface area contributed by atoms with E-state index in [4.69, 9.17) is 4.74 Å². The average Bonchev–Trinajstić information content (AvgIpc) is 2.90. The van der Waals surface area contributed by atoms with Crippen molar-refractivity contribution in [2.75, 3.05) is 13.7 Å². The molecular formula is C33H41FO. The molecule has 0 heterocycles. The second-order valence-electron chi connectivity index (χ2n) is 10.3. The molecule has 0 saturated heterocycles. The second-order valence-corrected chi connectivity index (χ2v) is 10.3. The van der Waals surface area contributed by atoms with Crippen LogP contribution in [0.1, 0.15) is 81.8 Å². The number of hydrogen-bond acceptors (Lipinski definition) is 1. The van der Waals surface area contributed by atoms with Gasteiger partial charge in [0.05, 0.1) is 0 Å². The van der Waals surface area contributed by atoms with E-state index in [2.05, 4.69) is 43.3 Å². The highest BCUT2D eigenvalue weighted by molar-refractivity contribution is 5.71. The molecule has 0 N–H and O–H groups in total. The van der Waals surface area contributed by atoms with Gasteiger partial charge < -0.3 is 4.74 Å². The van der Waals surface area contributed by atoms with Crippen LogP contribution in [0.3, 0.4) is 0 Å². The summed E-state index contributed by atoms with van der Waals surface area (Å²) in [6.07, 6.45) is 12.9. The molecule has 0 spiro atoms. The maximum atomic E-state index is 15.1. The lowest BCUT2D eigenvalue weighted by Gasteiger charge is -2.29. The normalized spacial score (nSPS) is 18.0. The molecule has 1 saturated carbocycles. The van der Waals surface area contributed by atoms with Crippen molar-refractivity contribution in [3.63, 3.8) is 0 Å². The van der Waals surface area contributed by atoms with E-state index >= 15 is 4.39 Å². The van der Waals surface area contributed by atoms with Gasteiger partial charge in [-0.1, -0.05) is 93.3 Å². The second kappa shape index (κ2) is 13.0. The van der Waals surface area contributed by atoms with E-state index < -0.39 is 0 Å². The Morgan fingerprint density at radius 3 is 2.11 bits per heavy atom. The molecule has 0 amide bonds. The Kier molecular flexibility index (Phi) is 9.54. The van der Waals surface area contributed by atoms with Crippen LogP contribution in [0.5, 0.6) is 0 Å². The van der Waals surface area contributed by atoms with Gasteiger partial charge in [0.25, 0.3) is 0 Å². The number of ether oxygens (including phenoxy) is 1. The van der Waals surface area contributed by atoms with Gasteiger partial charge in [0.2, 0.25) is 0 Å². The van der Waals surface area contributed by atoms with E-state index in [1.54, 1.807) is 13.2 Å². The van der Waals surface area contributed by atoms with Crippen LogP contribution in [-0.4, -0.2) is 13.7 Å². The molecule has 35 heavy (non-hydrogen) atoms. The molecule has 0 atom stereocenters. The molecule has 186 valence electrons. The van der Waals surface area contributed by atoms with Crippen LogP contribution < -0.4 is 0 Å². The van der Waals surface area contributed by atoms with Gasteiger partial charge in [0, 0.05) is 19.3 Å². The average molecular weight is 473 g/mol. The maximum Gasteiger partial charge on any atom is 0.131 e. The van der Waals surface area contributed by atoms with Crippen molar-refractivity contribution >= 4 is 0 Å². The largest absolute Gasteiger partial charge is 0.385 e. The zero-order valence-electron chi connectivity index (χ0n) is 21.6. The summed E-state index contributed by atoms with van der Waals surface area (Å²) >= 11 is 0. The fourth-order valence-electron chi connectivity index (χ4n) is 5.62. The Balaban J connectivity index is 1.36. The summed E-state index contributed by atoms with van der Waals surface area (Å²) in [5.41, 5.74) is 6.31. The van der Waals surface area contributed by atoms with E-state index in [1.807, 2.05) is 24.3 Å². The maximum absolute atomic E-state index is 15.1. The van der Waals surface area contributed by atoms with E-state index in [9.17, 15) is 0 Å². The number of halogens is 1. The molecule has 0 aromatic heterocycles. The molecule has 1 aliphatic carbocycles. The fourth-order valence-corrected chi connectivity index (χ4v) is 5.62. The lowest BCUT2D eigenvalue weighted by molar-refractivity contribution is 0.195. The Morgan fingerprint density at radius 1 is 0.771 bits per heavy atom. The molecule has 1 nitrogen and oxygen atoms in total. The highest BCUT2D eigenvalue weighted by Crippen LogP contribution is 2.38. The van der Waals surface area contributed by atoms with Gasteiger partial charge in [-0.25, -0.2) is 4.39 Å². The summed E-state index contributed by atoms with van der Waals surface area (Å²) in [6, 6.07) is 22.7. The summed E-state index contributed by atoms with van der Waals surface area (Å²) in [5, 5.41) is 0. The molecule has 3 aromatic carbocycles. The topological polar surface area (TPSA) is 9.23 Å². The van der Waals surface area contributed by atoms with Crippen molar-refractivity contribution in [3.05, 3.63) is 83.7 Å². The minimum Gasteiger partial charge on any atom is -0.385 e. The Labute approximate surface area is 211 Å². The van der Waals surface area contributed by atoms with Gasteiger partial charge in [0.1, 0.15) is 5.82 Å². The highest BCUT2D eigenvalue weighted by atomic mass is 19.1. The van der Waals surface area contributed by atoms with Crippen LogP contribution in [0.4, 0.5) is 4.39 Å². The van der Waals surface area contributed by atoms with Gasteiger partial charge in [-0.05, 0) is 84.2 Å². The molecule has 0 unspecified atom stereocenters. The lowest BCUT2D eigenvalue weighted by Crippen LogP contribution is -2.13. The van der Waals surface area contributed by atoms with Gasteiger partial charge in [-0.2, -0.15) is 0 Å². The van der Waals surface area contributed by atoms with E-state index in [-0.39, 0.29) is 5.82 Å². The Morgan fingerprint density at radius 2 is 1.46 bits per heavy atom. The van der Waals surface area contributed by atoms with Crippen molar-refractivity contribution in [1.29, 1.82) is 0 Å². The smallest absolute Gasteiger partial charge is 0.131 e. The number of benzene rings is 3. The molecule has 4 rings (SSSR count). The monoisotopic (exact) mass is 472 g/mol. The first-order valence-corrected chi connectivity index (χ1v) is 13.7. The number of hydrogen-bond donors (Lipinski definition) is 0. The zero-order valence-corrected chi connectivity index (χ0v) is 21.6. The first-order chi connectivity index (χ1) is 17.2. The minimum absolute atomic E-state index is 0.167. The van der Waals surface area contributed by atoms with Crippen molar-refractivity contribution in [3.8, 4) is 22.3 Å². The van der Waals surface area contributed by atoms with Crippen LogP contribution in [-0.2, 0) is 11.2 Å². The van der Waals surface area contributed by atoms with Crippen molar-refractivity contribution < 1.29 is 9.13 Å². The van der Waals surface area contributed by atoms with Crippen LogP contribution >= 0.6 is 0 Å². The van der Waals surface area contributed by atoms with Crippen LogP contribution in [0.2, 0.25) is 0 Å². The molecule has 0 radical (unpaired) electrons. The molecule has 0 aliphatic heterocycles. The standard InChI is InChI=1S/C33H41FO/c1-3-4-5-7-25-9-13-27(14-10-25)28-17-19-29(20-18-28)31-21-22-32(33(34)24-31)30-15-11-26(12-16-30)8-6-23-35-2/h11-12,15-22,24-25,27H,3-10,13-14,23H2,1-2H3. The lowest BCUT2D eigenvalue weighted by atomic mass is 9.77. The van der Waals surface area contributed by atoms with Crippen LogP contribution in [0.15, 0.2) is 66.7 Å². The summed E-state index contributed by atoms with van der Waals surface area (Å²) in [4.78, 5) is 0. The third kappa shape index (κ3) is 7.04. The molecule has 2 heteroatoms. The van der Waals surface area contributed by atoms with Crippen molar-refractivity contribution in [1.82, 2.24) is 0 Å². The number of unbranched alkanes of at least 4 members (excludes halogenated alkanes) is 2. The van der Waals surface area contributed by atoms with Crippen molar-refractivity contribution in [2.24, 2.45) is 5.92 Å². The minimum atomic E-state index is -0.167. The molecule has 0 bridgehead atoms. The van der Waals surface area contributed by atoms with Gasteiger partial charge >= 0.3 is 0 Å². The summed E-state index contributed by atoms with van der Waals surface area (Å²) < 4.78 is 20.2. The zero-order chi connectivity index (χ0) is 24.5. The third-order valence-corrected chi connectivity index (χ3v) is 7.83. The Hall–Kier alpha value is -2.45. The van der Waals surface area contributed by atoms with Gasteiger partial charge in [0.15, 0.2) is 0 Å². The summed E-state index contributed by atoms with van der Waals surface area (Å²) in [7, 11) is 1.73. The van der Waals surface area contributed by atoms with E-state index in [0.29, 0.717) is 11.5 Å². The first-order valence-electron chi connectivity index (χ1n) is 13.7. The number of aryl methyl sites for hydroxylation is 1. The molecule has 1 fully saturated rings. The van der Waals surface area contributed by atoms with Crippen molar-refractivity contribution in [2.45, 2.75) is 77.0 Å². The third-order valence-electron chi connectivity index (χ3n) is 7.83. The van der Waals surface area contributed by atoms with Gasteiger partial charge in [-0.3, -0.25) is 0 Å². The summed E-state index contributed by atoms with van der Waals surface area (Å²) in [6.45, 7) is 3.05. The molecular weight excluding hydrogens is 431 g/mol. The number of methoxy groups -OCH3 is 1. The number of rotatable bonds is 11. The van der Waals surface area contributed by atoms with Crippen LogP contribution in [0, 0.1) is 11.7 Å². The first kappa shape index (κ1) is 25.6. The predicted molar refractivity (Wildman–Crippen MR) is 146 cm³/mol. The fraction of sp³-hybridized carbons (Fsp3) is 0.455. The summed E-state index contributed by atoms with van der Waals surface area (Å²) in [5.74, 6) is 1.45. The van der Waals surface area contributed by atoms with E-state index in [1.165, 1.54) is 62.5 Å². The highest BCUT2D eigenvalue weighted by Gasteiger charge is 2.22. The Bertz CT molecular complexity index is 1030. The SMILES string of the molecule is CCCCCC1CCC(c2ccc(-c3ccc(-c4ccc(CCCOC)cc4)c(F)c3)cc2)CC1. The van der Waals surface area contributed by atoms with Gasteiger partial charge in [-0.15, -0.1) is 0 Å². The quantitative estimate of drug-likeness (QED) is 0.252. The molecule has 1 aliphatic rings. The predicted octanol–water partition coefficient (Wildman–Crippen LogP) is 9.59. The molecule has 3 aromatic rings. The van der Waals surface area contributed by atoms with Crippen LogP contribution in [0.25, 0.3) is 22.3 Å².